The van der Waals surface area contributed by atoms with Crippen molar-refractivity contribution in [3.8, 4) is 0 Å². The molecular weight excluding hydrogens is 146 g/mol. The third-order valence-corrected chi connectivity index (χ3v) is 2.09. The minimum absolute atomic E-state index is 0.0613. The Hall–Kier alpha value is -0.160. The fraction of sp³-hybridized carbons (Fsp3) is 1.00. The van der Waals surface area contributed by atoms with Gasteiger partial charge in [0.25, 0.3) is 0 Å². The zero-order valence-corrected chi connectivity index (χ0v) is 6.82. The highest BCUT2D eigenvalue weighted by Crippen LogP contribution is 2.17. The molecule has 4 atom stereocenters. The quantitative estimate of drug-likeness (QED) is 0.464. The van der Waals surface area contributed by atoms with Crippen molar-refractivity contribution in [3.63, 3.8) is 0 Å². The number of rotatable bonds is 1. The molecular formula is C7H15NO3. The summed E-state index contributed by atoms with van der Waals surface area (Å²) >= 11 is 0. The lowest BCUT2D eigenvalue weighted by Crippen LogP contribution is -2.52. The molecule has 2 unspecified atom stereocenters. The van der Waals surface area contributed by atoms with Gasteiger partial charge >= 0.3 is 0 Å². The normalized spacial score (nSPS) is 45.8. The van der Waals surface area contributed by atoms with Gasteiger partial charge in [-0.1, -0.05) is 0 Å². The van der Waals surface area contributed by atoms with Crippen molar-refractivity contribution in [2.24, 2.45) is 0 Å². The fourth-order valence-corrected chi connectivity index (χ4v) is 1.36. The third-order valence-electron chi connectivity index (χ3n) is 2.09. The molecule has 1 fully saturated rings. The second kappa shape index (κ2) is 3.49. The number of hydrogen-bond donors (Lipinski definition) is 3. The fourth-order valence-electron chi connectivity index (χ4n) is 1.36. The number of nitrogens with one attached hydrogen (secondary N) is 1. The lowest BCUT2D eigenvalue weighted by Gasteiger charge is -2.35. The molecule has 0 radical (unpaired) electrons. The van der Waals surface area contributed by atoms with Crippen LogP contribution in [0.25, 0.3) is 0 Å². The molecule has 4 heteroatoms. The molecule has 1 aliphatic rings. The van der Waals surface area contributed by atoms with E-state index < -0.39 is 12.4 Å². The molecule has 3 N–H and O–H groups in total. The van der Waals surface area contributed by atoms with Crippen LogP contribution in [0.3, 0.4) is 0 Å². The molecule has 66 valence electrons. The summed E-state index contributed by atoms with van der Waals surface area (Å²) in [7, 11) is 1.76. The first-order chi connectivity index (χ1) is 5.15. The summed E-state index contributed by atoms with van der Waals surface area (Å²) in [5.41, 5.74) is 0. The highest BCUT2D eigenvalue weighted by molar-refractivity contribution is 4.84. The summed E-state index contributed by atoms with van der Waals surface area (Å²) < 4.78 is 5.00. The Morgan fingerprint density at radius 2 is 2.09 bits per heavy atom. The molecule has 0 aromatic rings. The molecule has 11 heavy (non-hydrogen) atoms. The van der Waals surface area contributed by atoms with Gasteiger partial charge in [0, 0.05) is 12.5 Å². The van der Waals surface area contributed by atoms with Crippen LogP contribution in [-0.4, -0.2) is 41.8 Å². The lowest BCUT2D eigenvalue weighted by atomic mass is 10.0. The second-order valence-corrected chi connectivity index (χ2v) is 2.92. The molecule has 0 amide bonds. The zero-order valence-electron chi connectivity index (χ0n) is 6.82. The number of hydrogen-bond acceptors (Lipinski definition) is 4. The van der Waals surface area contributed by atoms with Crippen LogP contribution in [-0.2, 0) is 4.74 Å². The summed E-state index contributed by atoms with van der Waals surface area (Å²) in [6.45, 7) is 1.75. The van der Waals surface area contributed by atoms with E-state index in [0.717, 1.165) is 0 Å². The first-order valence-corrected chi connectivity index (χ1v) is 3.84. The predicted octanol–water partition coefficient (Wildman–Crippen LogP) is -0.938. The standard InChI is InChI=1S/C7H15NO3/c1-4-7(10)5(8-2)3-6(9)11-4/h4-10H,3H2,1-2H3/t4?,5-,6-,7?/m1/s1. The maximum atomic E-state index is 9.46. The van der Waals surface area contributed by atoms with Crippen molar-refractivity contribution in [2.75, 3.05) is 7.05 Å². The Balaban J connectivity index is 2.51. The average Bonchev–Trinajstić information content (AvgIpc) is 1.96. The van der Waals surface area contributed by atoms with Crippen molar-refractivity contribution >= 4 is 0 Å². The highest BCUT2D eigenvalue weighted by Gasteiger charge is 2.33. The summed E-state index contributed by atoms with van der Waals surface area (Å²) in [6.07, 6.45) is -1.12. The lowest BCUT2D eigenvalue weighted by molar-refractivity contribution is -0.201. The Morgan fingerprint density at radius 1 is 1.45 bits per heavy atom. The van der Waals surface area contributed by atoms with E-state index in [0.29, 0.717) is 6.42 Å². The topological polar surface area (TPSA) is 61.7 Å². The number of aliphatic hydroxyl groups excluding tert-OH is 2. The van der Waals surface area contributed by atoms with Gasteiger partial charge in [-0.2, -0.15) is 0 Å². The van der Waals surface area contributed by atoms with Crippen LogP contribution in [0.15, 0.2) is 0 Å². The summed E-state index contributed by atoms with van der Waals surface area (Å²) in [5, 5.41) is 21.5. The van der Waals surface area contributed by atoms with Gasteiger partial charge in [-0.15, -0.1) is 0 Å². The van der Waals surface area contributed by atoms with E-state index >= 15 is 0 Å². The van der Waals surface area contributed by atoms with Crippen molar-refractivity contribution in [3.05, 3.63) is 0 Å². The van der Waals surface area contributed by atoms with E-state index in [1.54, 1.807) is 14.0 Å². The molecule has 1 aliphatic heterocycles. The average molecular weight is 161 g/mol. The number of likely N-dealkylation sites (N-methyl/N-ethyl adjacent to an activating group) is 1. The van der Waals surface area contributed by atoms with Gasteiger partial charge < -0.3 is 20.3 Å². The number of ether oxygens (including phenoxy) is 1. The Morgan fingerprint density at radius 3 is 2.64 bits per heavy atom. The van der Waals surface area contributed by atoms with Crippen LogP contribution >= 0.6 is 0 Å². The Bertz CT molecular complexity index is 131. The minimum atomic E-state index is -0.745. The molecule has 0 aromatic heterocycles. The minimum Gasteiger partial charge on any atom is -0.389 e. The number of aliphatic hydroxyl groups is 2. The van der Waals surface area contributed by atoms with Crippen LogP contribution in [0.5, 0.6) is 0 Å². The van der Waals surface area contributed by atoms with E-state index in [4.69, 9.17) is 9.84 Å². The molecule has 1 saturated heterocycles. The molecule has 0 aromatic carbocycles. The third kappa shape index (κ3) is 1.90. The van der Waals surface area contributed by atoms with Gasteiger partial charge in [-0.05, 0) is 14.0 Å². The van der Waals surface area contributed by atoms with Crippen LogP contribution in [0.2, 0.25) is 0 Å². The second-order valence-electron chi connectivity index (χ2n) is 2.92. The first kappa shape index (κ1) is 8.93. The van der Waals surface area contributed by atoms with Crippen molar-refractivity contribution in [2.45, 2.75) is 37.9 Å². The predicted molar refractivity (Wildman–Crippen MR) is 40.0 cm³/mol. The van der Waals surface area contributed by atoms with Crippen molar-refractivity contribution in [1.29, 1.82) is 0 Å². The Kier molecular flexibility index (Phi) is 2.84. The summed E-state index contributed by atoms with van der Waals surface area (Å²) in [4.78, 5) is 0. The maximum Gasteiger partial charge on any atom is 0.156 e. The van der Waals surface area contributed by atoms with Gasteiger partial charge in [0.1, 0.15) is 0 Å². The first-order valence-electron chi connectivity index (χ1n) is 3.84. The van der Waals surface area contributed by atoms with E-state index in [1.807, 2.05) is 0 Å². The SMILES string of the molecule is CN[C@@H]1C[C@H](O)OC(C)C1O. The Labute approximate surface area is 66.2 Å². The van der Waals surface area contributed by atoms with Gasteiger partial charge in [0.2, 0.25) is 0 Å². The van der Waals surface area contributed by atoms with Gasteiger partial charge in [0.15, 0.2) is 6.29 Å². The van der Waals surface area contributed by atoms with Crippen LogP contribution in [0.1, 0.15) is 13.3 Å². The zero-order chi connectivity index (χ0) is 8.43. The maximum absolute atomic E-state index is 9.46. The van der Waals surface area contributed by atoms with E-state index in [9.17, 15) is 5.11 Å². The van der Waals surface area contributed by atoms with E-state index in [2.05, 4.69) is 5.32 Å². The van der Waals surface area contributed by atoms with Crippen LogP contribution < -0.4 is 5.32 Å². The molecule has 0 aliphatic carbocycles. The molecule has 1 heterocycles. The molecule has 0 bridgehead atoms. The molecule has 4 nitrogen and oxygen atoms in total. The molecule has 1 rings (SSSR count). The highest BCUT2D eigenvalue weighted by atomic mass is 16.6. The van der Waals surface area contributed by atoms with Crippen LogP contribution in [0, 0.1) is 0 Å². The summed E-state index contributed by atoms with van der Waals surface area (Å²) in [6, 6.07) is -0.0613. The monoisotopic (exact) mass is 161 g/mol. The molecule has 0 saturated carbocycles. The van der Waals surface area contributed by atoms with E-state index in [-0.39, 0.29) is 12.1 Å². The van der Waals surface area contributed by atoms with Gasteiger partial charge in [0.05, 0.1) is 12.2 Å². The van der Waals surface area contributed by atoms with Gasteiger partial charge in [-0.25, -0.2) is 0 Å². The van der Waals surface area contributed by atoms with Crippen molar-refractivity contribution in [1.82, 2.24) is 5.32 Å². The van der Waals surface area contributed by atoms with Gasteiger partial charge in [-0.3, -0.25) is 0 Å². The summed E-state index contributed by atoms with van der Waals surface area (Å²) in [5.74, 6) is 0. The van der Waals surface area contributed by atoms with Crippen molar-refractivity contribution < 1.29 is 14.9 Å². The van der Waals surface area contributed by atoms with E-state index in [1.165, 1.54) is 0 Å². The molecule has 0 spiro atoms. The van der Waals surface area contributed by atoms with Crippen LogP contribution in [0.4, 0.5) is 0 Å². The largest absolute Gasteiger partial charge is 0.389 e. The smallest absolute Gasteiger partial charge is 0.156 e.